The summed E-state index contributed by atoms with van der Waals surface area (Å²) in [6.45, 7) is 3.84. The molecule has 0 unspecified atom stereocenters. The average molecular weight is 288 g/mol. The van der Waals surface area contributed by atoms with E-state index < -0.39 is 0 Å². The van der Waals surface area contributed by atoms with Crippen LogP contribution < -0.4 is 4.72 Å². The molecule has 3 heteroatoms. The molecule has 0 aliphatic rings. The van der Waals surface area contributed by atoms with Gasteiger partial charge in [0.1, 0.15) is 0 Å². The third-order valence-electron chi connectivity index (χ3n) is 3.32. The number of carbonyl (C=O) groups is 1. The SMILES string of the molecule is CCCCCCCCCCCCCCSNC(C)=O. The lowest BCUT2D eigenvalue weighted by molar-refractivity contribution is -0.117. The van der Waals surface area contributed by atoms with Gasteiger partial charge in [-0.05, 0) is 6.42 Å². The van der Waals surface area contributed by atoms with E-state index in [0.29, 0.717) is 0 Å². The summed E-state index contributed by atoms with van der Waals surface area (Å²) >= 11 is 1.54. The van der Waals surface area contributed by atoms with E-state index in [1.807, 2.05) is 0 Å². The van der Waals surface area contributed by atoms with Crippen molar-refractivity contribution in [1.29, 1.82) is 0 Å². The van der Waals surface area contributed by atoms with Crippen LogP contribution in [0.15, 0.2) is 0 Å². The molecule has 0 aromatic heterocycles. The average Bonchev–Trinajstić information content (AvgIpc) is 2.39. The van der Waals surface area contributed by atoms with Gasteiger partial charge in [-0.1, -0.05) is 89.5 Å². The fourth-order valence-corrected chi connectivity index (χ4v) is 2.82. The van der Waals surface area contributed by atoms with Gasteiger partial charge in [-0.3, -0.25) is 4.79 Å². The van der Waals surface area contributed by atoms with Crippen molar-refractivity contribution in [2.45, 2.75) is 90.9 Å². The molecule has 0 saturated carbocycles. The number of amides is 1. The zero-order chi connectivity index (χ0) is 14.2. The van der Waals surface area contributed by atoms with E-state index in [1.165, 1.54) is 77.0 Å². The molecule has 0 atom stereocenters. The molecule has 19 heavy (non-hydrogen) atoms. The zero-order valence-corrected chi connectivity index (χ0v) is 13.8. The number of nitrogens with one attached hydrogen (secondary N) is 1. The highest BCUT2D eigenvalue weighted by Crippen LogP contribution is 2.12. The zero-order valence-electron chi connectivity index (χ0n) is 13.0. The second-order valence-corrected chi connectivity index (χ2v) is 6.30. The highest BCUT2D eigenvalue weighted by Gasteiger charge is 1.94. The first-order valence-corrected chi connectivity index (χ1v) is 9.14. The highest BCUT2D eigenvalue weighted by molar-refractivity contribution is 7.97. The Bertz CT molecular complexity index is 197. The van der Waals surface area contributed by atoms with Crippen molar-refractivity contribution < 1.29 is 4.79 Å². The minimum Gasteiger partial charge on any atom is -0.300 e. The van der Waals surface area contributed by atoms with Gasteiger partial charge in [0.15, 0.2) is 0 Å². The minimum absolute atomic E-state index is 0.0592. The molecule has 0 bridgehead atoms. The Labute approximate surface area is 124 Å². The molecule has 0 aliphatic carbocycles. The summed E-state index contributed by atoms with van der Waals surface area (Å²) in [6.07, 6.45) is 16.6. The number of carbonyl (C=O) groups excluding carboxylic acids is 1. The molecule has 1 N–H and O–H groups in total. The molecule has 0 rings (SSSR count). The molecular formula is C16H33NOS. The van der Waals surface area contributed by atoms with Crippen molar-refractivity contribution in [3.63, 3.8) is 0 Å². The Hall–Kier alpha value is -0.180. The first-order chi connectivity index (χ1) is 9.27. The number of unbranched alkanes of at least 4 members (excludes halogenated alkanes) is 11. The quantitative estimate of drug-likeness (QED) is 0.339. The molecule has 0 heterocycles. The maximum Gasteiger partial charge on any atom is 0.226 e. The molecule has 0 spiro atoms. The summed E-state index contributed by atoms with van der Waals surface area (Å²) in [4.78, 5) is 10.6. The van der Waals surface area contributed by atoms with Crippen LogP contribution in [0.1, 0.15) is 90.9 Å². The van der Waals surface area contributed by atoms with Crippen LogP contribution in [0.25, 0.3) is 0 Å². The molecule has 0 fully saturated rings. The van der Waals surface area contributed by atoms with Crippen molar-refractivity contribution in [2.24, 2.45) is 0 Å². The highest BCUT2D eigenvalue weighted by atomic mass is 32.2. The summed E-state index contributed by atoms with van der Waals surface area (Å²) < 4.78 is 2.76. The third kappa shape index (κ3) is 17.8. The Morgan fingerprint density at radius 3 is 1.63 bits per heavy atom. The molecule has 0 aliphatic heterocycles. The number of hydrogen-bond acceptors (Lipinski definition) is 2. The van der Waals surface area contributed by atoms with Crippen LogP contribution >= 0.6 is 11.9 Å². The standard InChI is InChI=1S/C16H33NOS/c1-3-4-5-6-7-8-9-10-11-12-13-14-15-19-17-16(2)18/h3-15H2,1-2H3,(H,17,18). The number of hydrogen-bond donors (Lipinski definition) is 1. The van der Waals surface area contributed by atoms with Crippen molar-refractivity contribution in [2.75, 3.05) is 5.75 Å². The van der Waals surface area contributed by atoms with Crippen LogP contribution in [0, 0.1) is 0 Å². The largest absolute Gasteiger partial charge is 0.300 e. The van der Waals surface area contributed by atoms with Gasteiger partial charge in [0.2, 0.25) is 5.91 Å². The monoisotopic (exact) mass is 287 g/mol. The molecule has 1 amide bonds. The van der Waals surface area contributed by atoms with E-state index in [2.05, 4.69) is 11.6 Å². The first-order valence-electron chi connectivity index (χ1n) is 8.15. The van der Waals surface area contributed by atoms with Gasteiger partial charge in [0.25, 0.3) is 0 Å². The lowest BCUT2D eigenvalue weighted by Gasteiger charge is -2.03. The van der Waals surface area contributed by atoms with E-state index in [0.717, 1.165) is 5.75 Å². The predicted molar refractivity (Wildman–Crippen MR) is 87.4 cm³/mol. The molecule has 0 aromatic rings. The molecule has 0 aromatic carbocycles. The van der Waals surface area contributed by atoms with Gasteiger partial charge in [0, 0.05) is 12.7 Å². The summed E-state index contributed by atoms with van der Waals surface area (Å²) in [5.41, 5.74) is 0. The van der Waals surface area contributed by atoms with E-state index in [-0.39, 0.29) is 5.91 Å². The van der Waals surface area contributed by atoms with Crippen molar-refractivity contribution in [3.05, 3.63) is 0 Å². The van der Waals surface area contributed by atoms with Gasteiger partial charge in [0.05, 0.1) is 0 Å². The van der Waals surface area contributed by atoms with Gasteiger partial charge in [-0.25, -0.2) is 0 Å². The lowest BCUT2D eigenvalue weighted by atomic mass is 10.1. The molecular weight excluding hydrogens is 254 g/mol. The van der Waals surface area contributed by atoms with Gasteiger partial charge in [-0.15, -0.1) is 0 Å². The maximum atomic E-state index is 10.6. The third-order valence-corrected chi connectivity index (χ3v) is 4.24. The van der Waals surface area contributed by atoms with Crippen LogP contribution in [0.3, 0.4) is 0 Å². The fraction of sp³-hybridized carbons (Fsp3) is 0.938. The predicted octanol–water partition coefficient (Wildman–Crippen LogP) is 5.47. The van der Waals surface area contributed by atoms with Crippen molar-refractivity contribution in [3.8, 4) is 0 Å². The summed E-state index contributed by atoms with van der Waals surface area (Å²) in [5.74, 6) is 1.11. The summed E-state index contributed by atoms with van der Waals surface area (Å²) in [5, 5.41) is 0. The second kappa shape index (κ2) is 15.9. The smallest absolute Gasteiger partial charge is 0.226 e. The Morgan fingerprint density at radius 1 is 0.789 bits per heavy atom. The molecule has 0 radical (unpaired) electrons. The van der Waals surface area contributed by atoms with Crippen LogP contribution in [-0.4, -0.2) is 11.7 Å². The number of rotatable bonds is 14. The normalized spacial score (nSPS) is 10.6. The van der Waals surface area contributed by atoms with Crippen molar-refractivity contribution in [1.82, 2.24) is 4.72 Å². The summed E-state index contributed by atoms with van der Waals surface area (Å²) in [7, 11) is 0. The maximum absolute atomic E-state index is 10.6. The van der Waals surface area contributed by atoms with Gasteiger partial charge < -0.3 is 4.72 Å². The Balaban J connectivity index is 2.93. The fourth-order valence-electron chi connectivity index (χ4n) is 2.17. The molecule has 0 saturated heterocycles. The summed E-state index contributed by atoms with van der Waals surface area (Å²) in [6, 6.07) is 0. The second-order valence-electron chi connectivity index (χ2n) is 5.40. The van der Waals surface area contributed by atoms with Crippen LogP contribution in [0.5, 0.6) is 0 Å². The Morgan fingerprint density at radius 2 is 1.21 bits per heavy atom. The van der Waals surface area contributed by atoms with Crippen LogP contribution in [0.4, 0.5) is 0 Å². The van der Waals surface area contributed by atoms with E-state index in [1.54, 1.807) is 18.9 Å². The Kier molecular flexibility index (Phi) is 15.7. The molecule has 114 valence electrons. The van der Waals surface area contributed by atoms with E-state index in [9.17, 15) is 4.79 Å². The van der Waals surface area contributed by atoms with E-state index >= 15 is 0 Å². The van der Waals surface area contributed by atoms with Crippen molar-refractivity contribution >= 4 is 17.9 Å². The van der Waals surface area contributed by atoms with E-state index in [4.69, 9.17) is 0 Å². The van der Waals surface area contributed by atoms with Crippen LogP contribution in [0.2, 0.25) is 0 Å². The topological polar surface area (TPSA) is 29.1 Å². The molecule has 2 nitrogen and oxygen atoms in total. The van der Waals surface area contributed by atoms with Gasteiger partial charge >= 0.3 is 0 Å². The lowest BCUT2D eigenvalue weighted by Crippen LogP contribution is -2.10. The minimum atomic E-state index is 0.0592. The first kappa shape index (κ1) is 18.8. The van der Waals surface area contributed by atoms with Crippen LogP contribution in [-0.2, 0) is 4.79 Å². The van der Waals surface area contributed by atoms with Gasteiger partial charge in [-0.2, -0.15) is 0 Å².